The van der Waals surface area contributed by atoms with Gasteiger partial charge in [0.2, 0.25) is 5.91 Å². The average molecular weight is 279 g/mol. The third kappa shape index (κ3) is 1.85. The largest absolute Gasteiger partial charge is 0.368 e. The normalized spacial score (nSPS) is 21.8. The second-order valence-electron chi connectivity index (χ2n) is 4.43. The van der Waals surface area contributed by atoms with Crippen LogP contribution in [0, 0.1) is 0 Å². The first-order valence-corrected chi connectivity index (χ1v) is 7.14. The molecule has 6 heteroatoms. The Morgan fingerprint density at radius 3 is 3.06 bits per heavy atom. The van der Waals surface area contributed by atoms with E-state index in [0.29, 0.717) is 11.2 Å². The minimum absolute atomic E-state index is 0.207. The predicted molar refractivity (Wildman–Crippen MR) is 76.8 cm³/mol. The summed E-state index contributed by atoms with van der Waals surface area (Å²) in [4.78, 5) is 16.3. The van der Waals surface area contributed by atoms with E-state index in [0.717, 1.165) is 18.0 Å². The van der Waals surface area contributed by atoms with Gasteiger partial charge in [-0.05, 0) is 24.4 Å². The average Bonchev–Trinajstić information content (AvgIpc) is 2.66. The van der Waals surface area contributed by atoms with Gasteiger partial charge in [-0.2, -0.15) is 0 Å². The van der Waals surface area contributed by atoms with Crippen LogP contribution in [0.25, 0.3) is 0 Å². The molecular formula is C12H13N3OS2. The summed E-state index contributed by atoms with van der Waals surface area (Å²) in [7, 11) is 0. The first-order valence-electron chi connectivity index (χ1n) is 5.75. The van der Waals surface area contributed by atoms with Crippen LogP contribution in [0.2, 0.25) is 0 Å². The van der Waals surface area contributed by atoms with Crippen LogP contribution in [0.5, 0.6) is 0 Å². The Bertz CT molecular complexity index is 520. The smallest absolute Gasteiger partial charge is 0.237 e. The molecule has 1 aromatic carbocycles. The number of para-hydroxylation sites is 1. The fourth-order valence-electron chi connectivity index (χ4n) is 2.43. The molecule has 1 fully saturated rings. The molecule has 18 heavy (non-hydrogen) atoms. The Hall–Kier alpha value is -1.27. The SMILES string of the molecule is NC(=O)CN1CC2CSc3ccccc3N2C1=S. The molecular weight excluding hydrogens is 266 g/mol. The molecule has 0 aromatic heterocycles. The Kier molecular flexibility index (Phi) is 2.91. The lowest BCUT2D eigenvalue weighted by Gasteiger charge is -2.31. The Morgan fingerprint density at radius 1 is 1.50 bits per heavy atom. The number of primary amides is 1. The second kappa shape index (κ2) is 4.44. The van der Waals surface area contributed by atoms with Gasteiger partial charge in [0, 0.05) is 17.2 Å². The number of benzene rings is 1. The van der Waals surface area contributed by atoms with Crippen LogP contribution in [0.1, 0.15) is 0 Å². The summed E-state index contributed by atoms with van der Waals surface area (Å²) in [6.45, 7) is 0.988. The van der Waals surface area contributed by atoms with Crippen LogP contribution < -0.4 is 10.6 Å². The van der Waals surface area contributed by atoms with Gasteiger partial charge in [0.05, 0.1) is 18.3 Å². The molecule has 94 valence electrons. The number of hydrogen-bond acceptors (Lipinski definition) is 3. The van der Waals surface area contributed by atoms with Crippen molar-refractivity contribution in [2.24, 2.45) is 5.73 Å². The van der Waals surface area contributed by atoms with Crippen molar-refractivity contribution in [2.75, 3.05) is 23.7 Å². The van der Waals surface area contributed by atoms with Crippen LogP contribution in [0.4, 0.5) is 5.69 Å². The van der Waals surface area contributed by atoms with Crippen molar-refractivity contribution >= 4 is 40.7 Å². The van der Waals surface area contributed by atoms with E-state index >= 15 is 0 Å². The molecule has 0 radical (unpaired) electrons. The van der Waals surface area contributed by atoms with Crippen LogP contribution in [0.3, 0.4) is 0 Å². The van der Waals surface area contributed by atoms with Crippen molar-refractivity contribution in [3.63, 3.8) is 0 Å². The zero-order valence-electron chi connectivity index (χ0n) is 9.70. The molecule has 2 aliphatic heterocycles. The molecule has 1 aromatic rings. The number of anilines is 1. The van der Waals surface area contributed by atoms with Gasteiger partial charge in [-0.1, -0.05) is 12.1 Å². The highest BCUT2D eigenvalue weighted by molar-refractivity contribution is 7.99. The predicted octanol–water partition coefficient (Wildman–Crippen LogP) is 1.05. The molecule has 1 saturated heterocycles. The zero-order valence-corrected chi connectivity index (χ0v) is 11.3. The number of nitrogens with zero attached hydrogens (tertiary/aromatic N) is 2. The van der Waals surface area contributed by atoms with E-state index in [1.54, 1.807) is 0 Å². The fourth-order valence-corrected chi connectivity index (χ4v) is 3.94. The molecule has 0 saturated carbocycles. The van der Waals surface area contributed by atoms with Gasteiger partial charge in [-0.25, -0.2) is 0 Å². The summed E-state index contributed by atoms with van der Waals surface area (Å²) in [5.74, 6) is 0.657. The van der Waals surface area contributed by atoms with Gasteiger partial charge < -0.3 is 15.5 Å². The minimum atomic E-state index is -0.335. The van der Waals surface area contributed by atoms with Gasteiger partial charge in [0.1, 0.15) is 0 Å². The lowest BCUT2D eigenvalue weighted by molar-refractivity contribution is -0.118. The number of carbonyl (C=O) groups excluding carboxylic acids is 1. The van der Waals surface area contributed by atoms with Gasteiger partial charge in [-0.15, -0.1) is 11.8 Å². The topological polar surface area (TPSA) is 49.6 Å². The van der Waals surface area contributed by atoms with Gasteiger partial charge in [0.15, 0.2) is 5.11 Å². The summed E-state index contributed by atoms with van der Waals surface area (Å²) in [6, 6.07) is 8.58. The maximum atomic E-state index is 11.0. The molecule has 2 aliphatic rings. The van der Waals surface area contributed by atoms with Crippen molar-refractivity contribution < 1.29 is 4.79 Å². The molecule has 1 atom stereocenters. The van der Waals surface area contributed by atoms with E-state index in [2.05, 4.69) is 17.0 Å². The highest BCUT2D eigenvalue weighted by Crippen LogP contribution is 2.40. The minimum Gasteiger partial charge on any atom is -0.368 e. The Labute approximate surface area is 115 Å². The van der Waals surface area contributed by atoms with Crippen molar-refractivity contribution in [3.8, 4) is 0 Å². The molecule has 0 spiro atoms. The lowest BCUT2D eigenvalue weighted by Crippen LogP contribution is -2.39. The molecule has 0 bridgehead atoms. The van der Waals surface area contributed by atoms with E-state index < -0.39 is 0 Å². The number of fused-ring (bicyclic) bond motifs is 3. The van der Waals surface area contributed by atoms with Crippen molar-refractivity contribution in [2.45, 2.75) is 10.9 Å². The summed E-state index contributed by atoms with van der Waals surface area (Å²) >= 11 is 7.31. The van der Waals surface area contributed by atoms with Crippen LogP contribution in [-0.4, -0.2) is 40.8 Å². The van der Waals surface area contributed by atoms with Gasteiger partial charge in [-0.3, -0.25) is 4.79 Å². The molecule has 2 heterocycles. The molecule has 4 nitrogen and oxygen atoms in total. The maximum Gasteiger partial charge on any atom is 0.237 e. The lowest BCUT2D eigenvalue weighted by atomic mass is 10.2. The molecule has 1 amide bonds. The van der Waals surface area contributed by atoms with E-state index in [-0.39, 0.29) is 12.5 Å². The van der Waals surface area contributed by atoms with Crippen LogP contribution in [0.15, 0.2) is 29.2 Å². The first kappa shape index (κ1) is 11.8. The maximum absolute atomic E-state index is 11.0. The first-order chi connectivity index (χ1) is 8.66. The Morgan fingerprint density at radius 2 is 2.28 bits per heavy atom. The number of thiocarbonyl (C=S) groups is 1. The monoisotopic (exact) mass is 279 g/mol. The number of hydrogen-bond donors (Lipinski definition) is 1. The van der Waals surface area contributed by atoms with Gasteiger partial charge in [0.25, 0.3) is 0 Å². The summed E-state index contributed by atoms with van der Waals surface area (Å²) in [5, 5.41) is 0.714. The van der Waals surface area contributed by atoms with Crippen molar-refractivity contribution in [1.82, 2.24) is 4.90 Å². The number of rotatable bonds is 2. The zero-order chi connectivity index (χ0) is 12.7. The highest BCUT2D eigenvalue weighted by atomic mass is 32.2. The molecule has 1 unspecified atom stereocenters. The number of nitrogens with two attached hydrogens (primary N) is 1. The molecule has 2 N–H and O–H groups in total. The molecule has 0 aliphatic carbocycles. The summed E-state index contributed by atoms with van der Waals surface area (Å²) < 4.78 is 0. The Balaban J connectivity index is 1.92. The third-order valence-electron chi connectivity index (χ3n) is 3.18. The van der Waals surface area contributed by atoms with Crippen LogP contribution >= 0.6 is 24.0 Å². The van der Waals surface area contributed by atoms with Crippen LogP contribution in [-0.2, 0) is 4.79 Å². The van der Waals surface area contributed by atoms with E-state index in [4.69, 9.17) is 18.0 Å². The fraction of sp³-hybridized carbons (Fsp3) is 0.333. The third-order valence-corrected chi connectivity index (χ3v) is 4.84. The number of amides is 1. The number of thioether (sulfide) groups is 1. The van der Waals surface area contributed by atoms with E-state index in [9.17, 15) is 4.79 Å². The van der Waals surface area contributed by atoms with Crippen molar-refractivity contribution in [1.29, 1.82) is 0 Å². The number of carbonyl (C=O) groups is 1. The highest BCUT2D eigenvalue weighted by Gasteiger charge is 2.39. The quantitative estimate of drug-likeness (QED) is 0.820. The summed E-state index contributed by atoms with van der Waals surface area (Å²) in [5.41, 5.74) is 6.40. The van der Waals surface area contributed by atoms with Gasteiger partial charge >= 0.3 is 0 Å². The summed E-state index contributed by atoms with van der Waals surface area (Å²) in [6.07, 6.45) is 0. The molecule has 3 rings (SSSR count). The van der Waals surface area contributed by atoms with E-state index in [1.807, 2.05) is 28.8 Å². The van der Waals surface area contributed by atoms with Crippen molar-refractivity contribution in [3.05, 3.63) is 24.3 Å². The van der Waals surface area contributed by atoms with E-state index in [1.165, 1.54) is 4.90 Å². The standard InChI is InChI=1S/C12H13N3OS2/c13-11(16)6-14-5-8-7-18-10-4-2-1-3-9(10)15(8)12(14)17/h1-4,8H,5-7H2,(H2,13,16). The second-order valence-corrected chi connectivity index (χ2v) is 5.86.